The van der Waals surface area contributed by atoms with Gasteiger partial charge in [0.05, 0.1) is 17.3 Å². The maximum absolute atomic E-state index is 10.9. The van der Waals surface area contributed by atoms with Crippen molar-refractivity contribution in [3.63, 3.8) is 0 Å². The molecule has 3 rings (SSSR count). The summed E-state index contributed by atoms with van der Waals surface area (Å²) in [5.74, 6) is -0.114. The number of carboxylic acid groups (broad SMARTS) is 1. The summed E-state index contributed by atoms with van der Waals surface area (Å²) in [6, 6.07) is 11.3. The van der Waals surface area contributed by atoms with Crippen LogP contribution in [0.15, 0.2) is 48.8 Å². The van der Waals surface area contributed by atoms with Gasteiger partial charge in [-0.05, 0) is 25.1 Å². The highest BCUT2D eigenvalue weighted by Crippen LogP contribution is 2.21. The summed E-state index contributed by atoms with van der Waals surface area (Å²) in [7, 11) is 0. The van der Waals surface area contributed by atoms with Crippen LogP contribution in [0.3, 0.4) is 0 Å². The zero-order chi connectivity index (χ0) is 13.4. The minimum absolute atomic E-state index is 0.267. The van der Waals surface area contributed by atoms with E-state index in [1.807, 2.05) is 29.5 Å². The summed E-state index contributed by atoms with van der Waals surface area (Å²) in [4.78, 5) is 15.3. The number of nitrogens with zero attached hydrogens (tertiary/aromatic N) is 2. The van der Waals surface area contributed by atoms with Crippen LogP contribution in [0.25, 0.3) is 16.9 Å². The van der Waals surface area contributed by atoms with Gasteiger partial charge in [0.25, 0.3) is 0 Å². The number of carboxylic acids is 1. The summed E-state index contributed by atoms with van der Waals surface area (Å²) in [5.41, 5.74) is 3.22. The van der Waals surface area contributed by atoms with Crippen LogP contribution in [-0.2, 0) is 0 Å². The molecule has 0 aliphatic carbocycles. The molecular weight excluding hydrogens is 240 g/mol. The van der Waals surface area contributed by atoms with Crippen molar-refractivity contribution in [2.24, 2.45) is 0 Å². The zero-order valence-electron chi connectivity index (χ0n) is 10.4. The molecule has 0 unspecified atom stereocenters. The maximum atomic E-state index is 10.9. The molecule has 0 aliphatic rings. The molecule has 0 fully saturated rings. The Balaban J connectivity index is 2.18. The van der Waals surface area contributed by atoms with Crippen molar-refractivity contribution in [1.29, 1.82) is 0 Å². The van der Waals surface area contributed by atoms with Crippen LogP contribution >= 0.6 is 0 Å². The highest BCUT2D eigenvalue weighted by molar-refractivity contribution is 5.89. The summed E-state index contributed by atoms with van der Waals surface area (Å²) in [6.07, 6.45) is 3.42. The quantitative estimate of drug-likeness (QED) is 0.762. The minimum Gasteiger partial charge on any atom is -0.478 e. The van der Waals surface area contributed by atoms with E-state index in [-0.39, 0.29) is 5.56 Å². The van der Waals surface area contributed by atoms with Gasteiger partial charge in [-0.1, -0.05) is 23.8 Å². The van der Waals surface area contributed by atoms with Crippen LogP contribution < -0.4 is 0 Å². The molecule has 2 heterocycles. The molecule has 3 aromatic rings. The summed E-state index contributed by atoms with van der Waals surface area (Å²) >= 11 is 0. The molecular formula is C15H12N2O2. The average molecular weight is 252 g/mol. The number of hydrogen-bond donors (Lipinski definition) is 1. The molecule has 0 aliphatic heterocycles. The largest absolute Gasteiger partial charge is 0.478 e. The number of benzene rings is 1. The predicted octanol–water partition coefficient (Wildman–Crippen LogP) is 3.01. The fraction of sp³-hybridized carbons (Fsp3) is 0.0667. The van der Waals surface area contributed by atoms with E-state index < -0.39 is 5.97 Å². The zero-order valence-corrected chi connectivity index (χ0v) is 10.4. The lowest BCUT2D eigenvalue weighted by atomic mass is 10.1. The second kappa shape index (κ2) is 4.24. The van der Waals surface area contributed by atoms with Gasteiger partial charge in [-0.2, -0.15) is 0 Å². The van der Waals surface area contributed by atoms with E-state index in [9.17, 15) is 4.79 Å². The number of aryl methyl sites for hydroxylation is 1. The van der Waals surface area contributed by atoms with Crippen molar-refractivity contribution in [3.8, 4) is 11.4 Å². The predicted molar refractivity (Wildman–Crippen MR) is 72.3 cm³/mol. The molecule has 19 heavy (non-hydrogen) atoms. The first-order valence-corrected chi connectivity index (χ1v) is 5.92. The Hall–Kier alpha value is -2.62. The van der Waals surface area contributed by atoms with Crippen molar-refractivity contribution < 1.29 is 9.90 Å². The molecule has 0 saturated heterocycles. The van der Waals surface area contributed by atoms with Crippen molar-refractivity contribution in [2.75, 3.05) is 0 Å². The van der Waals surface area contributed by atoms with Gasteiger partial charge in [-0.25, -0.2) is 9.78 Å². The van der Waals surface area contributed by atoms with Crippen molar-refractivity contribution in [1.82, 2.24) is 9.38 Å². The third-order valence-corrected chi connectivity index (χ3v) is 3.06. The van der Waals surface area contributed by atoms with Crippen LogP contribution in [0.5, 0.6) is 0 Å². The second-order valence-electron chi connectivity index (χ2n) is 4.47. The molecule has 2 aromatic heterocycles. The number of rotatable bonds is 2. The Morgan fingerprint density at radius 3 is 2.84 bits per heavy atom. The molecule has 0 amide bonds. The molecule has 4 heteroatoms. The summed E-state index contributed by atoms with van der Waals surface area (Å²) in [5, 5.41) is 8.97. The standard InChI is InChI=1S/C15H12N2O2/c1-10-3-2-4-11(7-10)14-16-9-13-8-12(15(18)19)5-6-17(13)14/h2-9H,1H3,(H,18,19). The third-order valence-electron chi connectivity index (χ3n) is 3.06. The van der Waals surface area contributed by atoms with Crippen LogP contribution in [0.4, 0.5) is 0 Å². The van der Waals surface area contributed by atoms with Gasteiger partial charge in [0.2, 0.25) is 0 Å². The van der Waals surface area contributed by atoms with E-state index in [0.717, 1.165) is 22.5 Å². The first kappa shape index (κ1) is 11.5. The number of aromatic nitrogens is 2. The Morgan fingerprint density at radius 1 is 1.26 bits per heavy atom. The monoisotopic (exact) mass is 252 g/mol. The number of aromatic carboxylic acids is 1. The Labute approximate surface area is 110 Å². The number of fused-ring (bicyclic) bond motifs is 1. The van der Waals surface area contributed by atoms with E-state index in [2.05, 4.69) is 11.1 Å². The van der Waals surface area contributed by atoms with Crippen molar-refractivity contribution >= 4 is 11.5 Å². The van der Waals surface area contributed by atoms with Gasteiger partial charge in [-0.15, -0.1) is 0 Å². The van der Waals surface area contributed by atoms with Gasteiger partial charge in [0, 0.05) is 11.8 Å². The van der Waals surface area contributed by atoms with Gasteiger partial charge in [-0.3, -0.25) is 4.40 Å². The van der Waals surface area contributed by atoms with Gasteiger partial charge in [0.15, 0.2) is 0 Å². The highest BCUT2D eigenvalue weighted by Gasteiger charge is 2.09. The SMILES string of the molecule is Cc1cccc(-c2ncc3cc(C(=O)O)ccn23)c1. The lowest BCUT2D eigenvalue weighted by molar-refractivity contribution is 0.0697. The molecule has 0 saturated carbocycles. The Morgan fingerprint density at radius 2 is 2.11 bits per heavy atom. The third kappa shape index (κ3) is 1.97. The van der Waals surface area contributed by atoms with Crippen LogP contribution in [0.2, 0.25) is 0 Å². The van der Waals surface area contributed by atoms with E-state index >= 15 is 0 Å². The molecule has 0 atom stereocenters. The number of imidazole rings is 1. The van der Waals surface area contributed by atoms with Gasteiger partial charge in [0.1, 0.15) is 5.82 Å². The number of hydrogen-bond acceptors (Lipinski definition) is 2. The summed E-state index contributed by atoms with van der Waals surface area (Å²) in [6.45, 7) is 2.03. The molecule has 4 nitrogen and oxygen atoms in total. The fourth-order valence-electron chi connectivity index (χ4n) is 2.13. The van der Waals surface area contributed by atoms with Gasteiger partial charge < -0.3 is 5.11 Å². The topological polar surface area (TPSA) is 54.6 Å². The van der Waals surface area contributed by atoms with Crippen LogP contribution in [-0.4, -0.2) is 20.5 Å². The van der Waals surface area contributed by atoms with E-state index in [4.69, 9.17) is 5.11 Å². The van der Waals surface area contributed by atoms with Crippen molar-refractivity contribution in [3.05, 3.63) is 59.9 Å². The number of carbonyl (C=O) groups is 1. The molecule has 0 spiro atoms. The van der Waals surface area contributed by atoms with Gasteiger partial charge >= 0.3 is 5.97 Å². The highest BCUT2D eigenvalue weighted by atomic mass is 16.4. The molecule has 1 aromatic carbocycles. The normalized spacial score (nSPS) is 10.8. The number of pyridine rings is 1. The first-order chi connectivity index (χ1) is 9.15. The smallest absolute Gasteiger partial charge is 0.335 e. The molecule has 94 valence electrons. The lowest BCUT2D eigenvalue weighted by Crippen LogP contribution is -1.97. The molecule has 1 N–H and O–H groups in total. The van der Waals surface area contributed by atoms with Crippen LogP contribution in [0.1, 0.15) is 15.9 Å². The fourth-order valence-corrected chi connectivity index (χ4v) is 2.13. The lowest BCUT2D eigenvalue weighted by Gasteiger charge is -2.03. The van der Waals surface area contributed by atoms with E-state index in [0.29, 0.717) is 0 Å². The van der Waals surface area contributed by atoms with Crippen molar-refractivity contribution in [2.45, 2.75) is 6.92 Å². The molecule has 0 radical (unpaired) electrons. The van der Waals surface area contributed by atoms with E-state index in [1.54, 1.807) is 24.5 Å². The first-order valence-electron chi connectivity index (χ1n) is 5.92. The maximum Gasteiger partial charge on any atom is 0.335 e. The second-order valence-corrected chi connectivity index (χ2v) is 4.47. The minimum atomic E-state index is -0.930. The molecule has 0 bridgehead atoms. The Bertz CT molecular complexity index is 775. The van der Waals surface area contributed by atoms with Crippen LogP contribution in [0, 0.1) is 6.92 Å². The Kier molecular flexibility index (Phi) is 2.56. The average Bonchev–Trinajstić information content (AvgIpc) is 2.81. The summed E-state index contributed by atoms with van der Waals surface area (Å²) < 4.78 is 1.89. The van der Waals surface area contributed by atoms with E-state index in [1.165, 1.54) is 0 Å².